The Kier molecular flexibility index (Phi) is 4.08. The molecule has 2 heterocycles. The number of anilines is 2. The first-order chi connectivity index (χ1) is 13.7. The lowest BCUT2D eigenvalue weighted by Crippen LogP contribution is -2.29. The third-order valence-electron chi connectivity index (χ3n) is 5.58. The lowest BCUT2D eigenvalue weighted by Gasteiger charge is -2.28. The zero-order valence-electron chi connectivity index (χ0n) is 15.9. The highest BCUT2D eigenvalue weighted by Gasteiger charge is 2.23. The number of hydrogen-bond donors (Lipinski definition) is 1. The maximum Gasteiger partial charge on any atom is 0.221 e. The van der Waals surface area contributed by atoms with Gasteiger partial charge in [0, 0.05) is 53.0 Å². The summed E-state index contributed by atoms with van der Waals surface area (Å²) >= 11 is 0. The predicted molar refractivity (Wildman–Crippen MR) is 112 cm³/mol. The van der Waals surface area contributed by atoms with Crippen molar-refractivity contribution in [3.05, 3.63) is 64.0 Å². The van der Waals surface area contributed by atoms with Crippen LogP contribution in [-0.4, -0.2) is 19.0 Å². The molecular formula is C23H22N4O. The van der Waals surface area contributed by atoms with Gasteiger partial charge >= 0.3 is 0 Å². The molecule has 0 aromatic heterocycles. The third-order valence-corrected chi connectivity index (χ3v) is 5.58. The number of azo groups is 1. The fourth-order valence-electron chi connectivity index (χ4n) is 4.22. The molecule has 0 bridgehead atoms. The van der Waals surface area contributed by atoms with Gasteiger partial charge in [-0.3, -0.25) is 4.79 Å². The number of carbonyl (C=O) groups is 1. The van der Waals surface area contributed by atoms with Crippen LogP contribution in [0.3, 0.4) is 0 Å². The second-order valence-corrected chi connectivity index (χ2v) is 7.50. The largest absolute Gasteiger partial charge is 0.372 e. The van der Waals surface area contributed by atoms with Crippen LogP contribution in [0.25, 0.3) is 17.5 Å². The molecular weight excluding hydrogens is 348 g/mol. The smallest absolute Gasteiger partial charge is 0.221 e. The minimum absolute atomic E-state index is 0.0759. The van der Waals surface area contributed by atoms with Gasteiger partial charge in [0.05, 0.1) is 0 Å². The number of carbonyl (C=O) groups excluding carboxylic acids is 1. The van der Waals surface area contributed by atoms with E-state index >= 15 is 0 Å². The summed E-state index contributed by atoms with van der Waals surface area (Å²) in [6.07, 6.45) is 5.96. The topological polar surface area (TPSA) is 57.1 Å². The molecule has 0 spiro atoms. The monoisotopic (exact) mass is 370 g/mol. The van der Waals surface area contributed by atoms with Crippen LogP contribution in [0.5, 0.6) is 0 Å². The number of benzene rings is 2. The van der Waals surface area contributed by atoms with Crippen LogP contribution in [0, 0.1) is 0 Å². The van der Waals surface area contributed by atoms with Crippen molar-refractivity contribution in [2.75, 3.05) is 23.3 Å². The molecule has 5 heteroatoms. The van der Waals surface area contributed by atoms with Gasteiger partial charge in [-0.05, 0) is 43.5 Å². The number of nitrogens with zero attached hydrogens (tertiary/aromatic N) is 3. The molecule has 0 unspecified atom stereocenters. The highest BCUT2D eigenvalue weighted by atomic mass is 16.1. The number of piperidine rings is 1. The summed E-state index contributed by atoms with van der Waals surface area (Å²) in [5.74, 6) is -0.0759. The van der Waals surface area contributed by atoms with Crippen LogP contribution in [0.4, 0.5) is 11.4 Å². The number of fused-ring (bicyclic) bond motifs is 2. The SMILES string of the molecule is CC(=O)Nc1cccc2c1=CC1=C(c3ccc(N4CCCCC4)cc3)N=NC=21. The molecule has 0 saturated carbocycles. The first-order valence-electron chi connectivity index (χ1n) is 9.85. The first-order valence-corrected chi connectivity index (χ1v) is 9.85. The van der Waals surface area contributed by atoms with Gasteiger partial charge in [0.1, 0.15) is 11.4 Å². The minimum Gasteiger partial charge on any atom is -0.372 e. The zero-order chi connectivity index (χ0) is 19.1. The van der Waals surface area contributed by atoms with E-state index in [0.717, 1.165) is 51.7 Å². The van der Waals surface area contributed by atoms with Crippen molar-refractivity contribution in [1.82, 2.24) is 0 Å². The fraction of sp³-hybridized carbons (Fsp3) is 0.261. The molecule has 5 rings (SSSR count). The second kappa shape index (κ2) is 6.75. The van der Waals surface area contributed by atoms with Crippen molar-refractivity contribution in [3.63, 3.8) is 0 Å². The van der Waals surface area contributed by atoms with E-state index in [1.165, 1.54) is 31.9 Å². The Balaban J connectivity index is 1.53. The van der Waals surface area contributed by atoms with E-state index in [2.05, 4.69) is 50.8 Å². The summed E-state index contributed by atoms with van der Waals surface area (Å²) < 4.78 is 0. The van der Waals surface area contributed by atoms with Gasteiger partial charge in [-0.1, -0.05) is 24.3 Å². The standard InChI is InChI=1S/C23H22N4O/c1-15(28)24-21-7-5-6-18-19(21)14-20-22(25-26-23(18)20)16-8-10-17(11-9-16)27-12-3-2-4-13-27/h5-11,14H,2-4,12-13H2,1H3,(H,24,28). The van der Waals surface area contributed by atoms with Crippen molar-refractivity contribution < 1.29 is 4.79 Å². The molecule has 0 atom stereocenters. The summed E-state index contributed by atoms with van der Waals surface area (Å²) in [6, 6.07) is 14.5. The molecule has 1 amide bonds. The Bertz CT molecular complexity index is 1140. The molecule has 2 aliphatic heterocycles. The number of hydrogen-bond acceptors (Lipinski definition) is 4. The molecule has 1 aliphatic carbocycles. The molecule has 3 aliphatic rings. The number of rotatable bonds is 3. The Labute approximate surface area is 163 Å². The van der Waals surface area contributed by atoms with Crippen molar-refractivity contribution in [1.29, 1.82) is 0 Å². The normalized spacial score (nSPS) is 17.5. The summed E-state index contributed by atoms with van der Waals surface area (Å²) in [6.45, 7) is 3.80. The minimum atomic E-state index is -0.0759. The predicted octanol–water partition coefficient (Wildman–Crippen LogP) is 3.41. The van der Waals surface area contributed by atoms with Gasteiger partial charge < -0.3 is 10.2 Å². The van der Waals surface area contributed by atoms with Crippen LogP contribution in [0.2, 0.25) is 0 Å². The van der Waals surface area contributed by atoms with Crippen molar-refractivity contribution >= 4 is 34.8 Å². The molecule has 2 aromatic carbocycles. The molecule has 1 saturated heterocycles. The zero-order valence-corrected chi connectivity index (χ0v) is 15.9. The van der Waals surface area contributed by atoms with Crippen LogP contribution >= 0.6 is 0 Å². The van der Waals surface area contributed by atoms with E-state index < -0.39 is 0 Å². The highest BCUT2D eigenvalue weighted by molar-refractivity contribution is 5.98. The first kappa shape index (κ1) is 16.9. The molecule has 1 N–H and O–H groups in total. The van der Waals surface area contributed by atoms with Crippen LogP contribution in [0.1, 0.15) is 31.7 Å². The van der Waals surface area contributed by atoms with Crippen LogP contribution < -0.4 is 20.7 Å². The maximum absolute atomic E-state index is 11.5. The number of amides is 1. The summed E-state index contributed by atoms with van der Waals surface area (Å²) in [5.41, 5.74) is 5.97. The highest BCUT2D eigenvalue weighted by Crippen LogP contribution is 2.36. The van der Waals surface area contributed by atoms with Crippen molar-refractivity contribution in [2.45, 2.75) is 26.2 Å². The fourth-order valence-corrected chi connectivity index (χ4v) is 4.22. The molecule has 28 heavy (non-hydrogen) atoms. The van der Waals surface area contributed by atoms with Gasteiger partial charge in [-0.15, -0.1) is 10.2 Å². The lowest BCUT2D eigenvalue weighted by atomic mass is 10.0. The molecule has 140 valence electrons. The van der Waals surface area contributed by atoms with E-state index in [9.17, 15) is 4.79 Å². The summed E-state index contributed by atoms with van der Waals surface area (Å²) in [5, 5.41) is 13.8. The maximum atomic E-state index is 11.5. The van der Waals surface area contributed by atoms with Gasteiger partial charge in [0.15, 0.2) is 0 Å². The van der Waals surface area contributed by atoms with Crippen LogP contribution in [0.15, 0.2) is 58.3 Å². The average molecular weight is 370 g/mol. The van der Waals surface area contributed by atoms with E-state index in [-0.39, 0.29) is 5.91 Å². The van der Waals surface area contributed by atoms with Crippen LogP contribution in [-0.2, 0) is 4.79 Å². The summed E-state index contributed by atoms with van der Waals surface area (Å²) in [4.78, 5) is 14.0. The Morgan fingerprint density at radius 2 is 1.71 bits per heavy atom. The Morgan fingerprint density at radius 1 is 0.964 bits per heavy atom. The van der Waals surface area contributed by atoms with Gasteiger partial charge in [0.25, 0.3) is 0 Å². The van der Waals surface area contributed by atoms with E-state index in [1.807, 2.05) is 18.2 Å². The van der Waals surface area contributed by atoms with E-state index in [1.54, 1.807) is 0 Å². The van der Waals surface area contributed by atoms with Crippen molar-refractivity contribution in [3.8, 4) is 0 Å². The van der Waals surface area contributed by atoms with Gasteiger partial charge in [-0.25, -0.2) is 0 Å². The molecule has 0 radical (unpaired) electrons. The Morgan fingerprint density at radius 3 is 2.46 bits per heavy atom. The quantitative estimate of drug-likeness (QED) is 0.900. The lowest BCUT2D eigenvalue weighted by molar-refractivity contribution is -0.114. The summed E-state index contributed by atoms with van der Waals surface area (Å²) in [7, 11) is 0. The van der Waals surface area contributed by atoms with E-state index in [4.69, 9.17) is 0 Å². The van der Waals surface area contributed by atoms with Crippen molar-refractivity contribution in [2.24, 2.45) is 10.2 Å². The Hall–Kier alpha value is -3.21. The molecule has 5 nitrogen and oxygen atoms in total. The van der Waals surface area contributed by atoms with Gasteiger partial charge in [-0.2, -0.15) is 0 Å². The third kappa shape index (κ3) is 2.83. The molecule has 1 fully saturated rings. The number of nitrogens with one attached hydrogen (secondary N) is 1. The van der Waals surface area contributed by atoms with E-state index in [0.29, 0.717) is 0 Å². The average Bonchev–Trinajstić information content (AvgIpc) is 3.29. The molecule has 2 aromatic rings. The van der Waals surface area contributed by atoms with Gasteiger partial charge in [0.2, 0.25) is 5.91 Å². The second-order valence-electron chi connectivity index (χ2n) is 7.50.